The van der Waals surface area contributed by atoms with Crippen molar-refractivity contribution in [2.45, 2.75) is 51.4 Å². The van der Waals surface area contributed by atoms with E-state index in [1.165, 1.54) is 5.56 Å². The van der Waals surface area contributed by atoms with Crippen LogP contribution in [0.5, 0.6) is 5.75 Å². The third kappa shape index (κ3) is 3.61. The molecule has 0 aliphatic carbocycles. The SMILES string of the molecule is CC[C@@H]1CSC2=N[C@H](c3ccccn3)[C@H](c3ccc(OC(C)C)c(Br)c3)N21. The first-order chi connectivity index (χ1) is 13.1. The summed E-state index contributed by atoms with van der Waals surface area (Å²) in [7, 11) is 0. The normalized spacial score (nSPS) is 24.3. The molecule has 27 heavy (non-hydrogen) atoms. The zero-order valence-corrected chi connectivity index (χ0v) is 18.2. The average Bonchev–Trinajstić information content (AvgIpc) is 3.22. The zero-order valence-electron chi connectivity index (χ0n) is 15.8. The predicted molar refractivity (Wildman–Crippen MR) is 115 cm³/mol. The van der Waals surface area contributed by atoms with Crippen molar-refractivity contribution in [1.29, 1.82) is 0 Å². The summed E-state index contributed by atoms with van der Waals surface area (Å²) < 4.78 is 6.89. The van der Waals surface area contributed by atoms with Crippen LogP contribution >= 0.6 is 27.7 Å². The number of halogens is 1. The number of thioether (sulfide) groups is 1. The third-order valence-electron chi connectivity index (χ3n) is 4.99. The molecule has 0 radical (unpaired) electrons. The highest BCUT2D eigenvalue weighted by Crippen LogP contribution is 2.49. The molecule has 1 aromatic carbocycles. The summed E-state index contributed by atoms with van der Waals surface area (Å²) in [5, 5.41) is 1.15. The van der Waals surface area contributed by atoms with Crippen molar-refractivity contribution in [3.8, 4) is 5.75 Å². The lowest BCUT2D eigenvalue weighted by Crippen LogP contribution is -2.35. The number of aliphatic imine (C=N–C) groups is 1. The van der Waals surface area contributed by atoms with Crippen molar-refractivity contribution >= 4 is 32.9 Å². The number of aromatic nitrogens is 1. The molecule has 4 nitrogen and oxygen atoms in total. The molecule has 0 unspecified atom stereocenters. The Kier molecular flexibility index (Phi) is 5.46. The van der Waals surface area contributed by atoms with Gasteiger partial charge in [-0.15, -0.1) is 0 Å². The summed E-state index contributed by atoms with van der Waals surface area (Å²) in [4.78, 5) is 12.2. The molecule has 142 valence electrons. The summed E-state index contributed by atoms with van der Waals surface area (Å²) in [6.07, 6.45) is 3.12. The molecule has 0 N–H and O–H groups in total. The van der Waals surface area contributed by atoms with E-state index in [9.17, 15) is 0 Å². The van der Waals surface area contributed by atoms with E-state index in [1.54, 1.807) is 0 Å². The lowest BCUT2D eigenvalue weighted by Gasteiger charge is -2.32. The first-order valence-electron chi connectivity index (χ1n) is 9.44. The highest BCUT2D eigenvalue weighted by molar-refractivity contribution is 9.10. The van der Waals surface area contributed by atoms with Gasteiger partial charge in [-0.25, -0.2) is 0 Å². The van der Waals surface area contributed by atoms with Crippen LogP contribution in [-0.2, 0) is 0 Å². The van der Waals surface area contributed by atoms with Crippen LogP contribution in [0.1, 0.15) is 50.5 Å². The molecule has 2 aromatic rings. The Morgan fingerprint density at radius 2 is 2.15 bits per heavy atom. The minimum Gasteiger partial charge on any atom is -0.490 e. The minimum atomic E-state index is 0.0202. The van der Waals surface area contributed by atoms with Crippen LogP contribution in [0.2, 0.25) is 0 Å². The van der Waals surface area contributed by atoms with E-state index in [4.69, 9.17) is 9.73 Å². The fourth-order valence-corrected chi connectivity index (χ4v) is 5.59. The lowest BCUT2D eigenvalue weighted by molar-refractivity contribution is 0.239. The van der Waals surface area contributed by atoms with Crippen LogP contribution < -0.4 is 4.74 Å². The fourth-order valence-electron chi connectivity index (χ4n) is 3.76. The van der Waals surface area contributed by atoms with Crippen LogP contribution in [0.3, 0.4) is 0 Å². The Morgan fingerprint density at radius 3 is 2.81 bits per heavy atom. The lowest BCUT2D eigenvalue weighted by atomic mass is 9.95. The Labute approximate surface area is 173 Å². The van der Waals surface area contributed by atoms with Gasteiger partial charge in [0, 0.05) is 18.0 Å². The Morgan fingerprint density at radius 1 is 1.30 bits per heavy atom. The smallest absolute Gasteiger partial charge is 0.160 e. The minimum absolute atomic E-state index is 0.0202. The molecular weight excluding hydrogens is 422 g/mol. The maximum absolute atomic E-state index is 5.90. The highest BCUT2D eigenvalue weighted by atomic mass is 79.9. The molecule has 1 aromatic heterocycles. The number of amidine groups is 1. The number of ether oxygens (including phenoxy) is 1. The third-order valence-corrected chi connectivity index (χ3v) is 6.74. The second kappa shape index (κ2) is 7.84. The van der Waals surface area contributed by atoms with Crippen LogP contribution in [0, 0.1) is 0 Å². The van der Waals surface area contributed by atoms with Crippen LogP contribution in [0.15, 0.2) is 52.1 Å². The van der Waals surface area contributed by atoms with E-state index >= 15 is 0 Å². The van der Waals surface area contributed by atoms with Crippen LogP contribution in [-0.4, -0.2) is 33.0 Å². The number of fused-ring (bicyclic) bond motifs is 1. The number of hydrogen-bond donors (Lipinski definition) is 0. The highest BCUT2D eigenvalue weighted by Gasteiger charge is 2.45. The van der Waals surface area contributed by atoms with Crippen LogP contribution in [0.25, 0.3) is 0 Å². The Bertz CT molecular complexity index is 843. The van der Waals surface area contributed by atoms with Crippen LogP contribution in [0.4, 0.5) is 0 Å². The van der Waals surface area contributed by atoms with Gasteiger partial charge in [0.1, 0.15) is 11.8 Å². The molecule has 2 aliphatic heterocycles. The maximum atomic E-state index is 5.90. The molecule has 3 atom stereocenters. The quantitative estimate of drug-likeness (QED) is 0.598. The van der Waals surface area contributed by atoms with Gasteiger partial charge in [-0.05, 0) is 66.0 Å². The monoisotopic (exact) mass is 445 g/mol. The molecule has 6 heteroatoms. The van der Waals surface area contributed by atoms with Gasteiger partial charge < -0.3 is 9.64 Å². The molecule has 1 saturated heterocycles. The van der Waals surface area contributed by atoms with Gasteiger partial charge in [0.15, 0.2) is 5.17 Å². The molecule has 0 bridgehead atoms. The largest absolute Gasteiger partial charge is 0.490 e. The van der Waals surface area contributed by atoms with E-state index in [-0.39, 0.29) is 18.2 Å². The molecular formula is C21H24BrN3OS. The van der Waals surface area contributed by atoms with Crippen molar-refractivity contribution in [2.24, 2.45) is 4.99 Å². The van der Waals surface area contributed by atoms with Gasteiger partial charge in [0.25, 0.3) is 0 Å². The van der Waals surface area contributed by atoms with Gasteiger partial charge in [0.2, 0.25) is 0 Å². The van der Waals surface area contributed by atoms with Crippen molar-refractivity contribution in [1.82, 2.24) is 9.88 Å². The first-order valence-corrected chi connectivity index (χ1v) is 11.2. The van der Waals surface area contributed by atoms with E-state index in [2.05, 4.69) is 57.0 Å². The summed E-state index contributed by atoms with van der Waals surface area (Å²) in [5.74, 6) is 1.99. The average molecular weight is 446 g/mol. The number of pyridine rings is 1. The number of benzene rings is 1. The summed E-state index contributed by atoms with van der Waals surface area (Å²) in [5.41, 5.74) is 2.27. The molecule has 2 aliphatic rings. The number of hydrogen-bond acceptors (Lipinski definition) is 5. The molecule has 0 saturated carbocycles. The maximum Gasteiger partial charge on any atom is 0.160 e. The Balaban J connectivity index is 1.74. The summed E-state index contributed by atoms with van der Waals surface area (Å²) in [6.45, 7) is 6.35. The molecule has 4 rings (SSSR count). The van der Waals surface area contributed by atoms with E-state index in [0.29, 0.717) is 6.04 Å². The van der Waals surface area contributed by atoms with Gasteiger partial charge in [-0.3, -0.25) is 9.98 Å². The van der Waals surface area contributed by atoms with Crippen molar-refractivity contribution < 1.29 is 4.74 Å². The molecule has 1 fully saturated rings. The second-order valence-electron chi connectivity index (χ2n) is 7.19. The van der Waals surface area contributed by atoms with Gasteiger partial charge in [0.05, 0.1) is 22.3 Å². The Hall–Kier alpha value is -1.53. The van der Waals surface area contributed by atoms with E-state index in [1.807, 2.05) is 43.9 Å². The molecule has 0 amide bonds. The van der Waals surface area contributed by atoms with E-state index in [0.717, 1.165) is 33.3 Å². The fraction of sp³-hybridized carbons (Fsp3) is 0.429. The van der Waals surface area contributed by atoms with E-state index < -0.39 is 0 Å². The van der Waals surface area contributed by atoms with Gasteiger partial charge in [-0.1, -0.05) is 30.8 Å². The second-order valence-corrected chi connectivity index (χ2v) is 9.03. The predicted octanol–water partition coefficient (Wildman–Crippen LogP) is 5.61. The summed E-state index contributed by atoms with van der Waals surface area (Å²) in [6, 6.07) is 13.2. The first kappa shape index (κ1) is 18.8. The van der Waals surface area contributed by atoms with Crippen molar-refractivity contribution in [2.75, 3.05) is 5.75 Å². The van der Waals surface area contributed by atoms with Gasteiger partial charge in [-0.2, -0.15) is 0 Å². The molecule has 3 heterocycles. The standard InChI is InChI=1S/C21H24BrN3OS/c1-4-15-12-27-21-24-19(17-7-5-6-10-23-17)20(25(15)21)14-8-9-18(16(22)11-14)26-13(2)3/h5-11,13,15,19-20H,4,12H2,1-3H3/t15-,19-,20+/m1/s1. The number of nitrogens with zero attached hydrogens (tertiary/aromatic N) is 3. The molecule has 0 spiro atoms. The van der Waals surface area contributed by atoms with Gasteiger partial charge >= 0.3 is 0 Å². The topological polar surface area (TPSA) is 37.7 Å². The zero-order chi connectivity index (χ0) is 19.0. The van der Waals surface area contributed by atoms with Crippen molar-refractivity contribution in [3.63, 3.8) is 0 Å². The summed E-state index contributed by atoms with van der Waals surface area (Å²) >= 11 is 5.57. The number of rotatable bonds is 5. The van der Waals surface area contributed by atoms with Crippen molar-refractivity contribution in [3.05, 3.63) is 58.3 Å².